The molecule has 3 aromatic rings. The monoisotopic (exact) mass is 318 g/mol. The maximum absolute atomic E-state index is 11.6. The van der Waals surface area contributed by atoms with Crippen LogP contribution in [-0.2, 0) is 10.0 Å². The molecule has 112 valence electrons. The van der Waals surface area contributed by atoms with Crippen LogP contribution in [0.4, 0.5) is 5.69 Å². The molecular weight excluding hydrogens is 308 g/mol. The van der Waals surface area contributed by atoms with E-state index in [1.807, 2.05) is 0 Å². The van der Waals surface area contributed by atoms with Crippen molar-refractivity contribution in [1.29, 1.82) is 0 Å². The van der Waals surface area contributed by atoms with Crippen molar-refractivity contribution < 1.29 is 13.3 Å². The molecule has 2 aromatic carbocycles. The number of hydrogen-bond acceptors (Lipinski definition) is 5. The molecule has 0 spiro atoms. The lowest BCUT2D eigenvalue weighted by Crippen LogP contribution is -2.14. The fraction of sp³-hybridized carbons (Fsp3) is 0. The maximum Gasteiger partial charge on any atom is 0.297 e. The molecule has 0 bridgehead atoms. The van der Waals surface area contributed by atoms with E-state index in [1.54, 1.807) is 24.4 Å². The van der Waals surface area contributed by atoms with Crippen LogP contribution in [-0.4, -0.2) is 23.5 Å². The largest absolute Gasteiger partial charge is 0.297 e. The number of primary sulfonamides is 1. The second-order valence-electron chi connectivity index (χ2n) is 4.63. The minimum Gasteiger partial charge on any atom is -0.278 e. The first-order valence-electron chi connectivity index (χ1n) is 6.11. The van der Waals surface area contributed by atoms with Crippen molar-refractivity contribution in [3.63, 3.8) is 0 Å². The Hall–Kier alpha value is -2.78. The normalized spacial score (nSPS) is 11.7. The minimum atomic E-state index is -4.20. The quantitative estimate of drug-likeness (QED) is 0.561. The second kappa shape index (κ2) is 4.90. The Labute approximate surface area is 124 Å². The summed E-state index contributed by atoms with van der Waals surface area (Å²) in [4.78, 5) is 10.1. The highest BCUT2D eigenvalue weighted by Crippen LogP contribution is 2.35. The van der Waals surface area contributed by atoms with Gasteiger partial charge in [0.25, 0.3) is 5.69 Å². The van der Waals surface area contributed by atoms with Gasteiger partial charge < -0.3 is 0 Å². The number of aromatic amines is 1. The van der Waals surface area contributed by atoms with Gasteiger partial charge in [-0.05, 0) is 23.8 Å². The predicted octanol–water partition coefficient (Wildman–Crippen LogP) is 1.79. The second-order valence-corrected chi connectivity index (χ2v) is 6.16. The van der Waals surface area contributed by atoms with Crippen molar-refractivity contribution in [2.75, 3.05) is 0 Å². The first-order chi connectivity index (χ1) is 10.4. The zero-order chi connectivity index (χ0) is 15.9. The number of para-hydroxylation sites is 1. The summed E-state index contributed by atoms with van der Waals surface area (Å²) in [5.41, 5.74) is 0.818. The Morgan fingerprint density at radius 2 is 2.00 bits per heavy atom. The average Bonchev–Trinajstić information content (AvgIpc) is 2.92. The van der Waals surface area contributed by atoms with E-state index in [0.29, 0.717) is 11.1 Å². The number of nitro benzene ring substituents is 1. The number of nitrogens with zero attached hydrogens (tertiary/aromatic N) is 2. The van der Waals surface area contributed by atoms with Gasteiger partial charge >= 0.3 is 0 Å². The molecule has 0 saturated heterocycles. The predicted molar refractivity (Wildman–Crippen MR) is 79.6 cm³/mol. The number of H-pyrrole nitrogens is 1. The standard InChI is InChI=1S/C13H10N4O4S/c14-22(20,21)12-3-1-2-10(13(12)17(18)19)8-4-5-9-7-15-16-11(9)6-8/h1-7H,(H,15,16)(H2,14,20,21). The van der Waals surface area contributed by atoms with Gasteiger partial charge in [-0.25, -0.2) is 13.6 Å². The van der Waals surface area contributed by atoms with Gasteiger partial charge in [-0.15, -0.1) is 0 Å². The Morgan fingerprint density at radius 3 is 2.68 bits per heavy atom. The summed E-state index contributed by atoms with van der Waals surface area (Å²) in [7, 11) is -4.20. The molecule has 0 aliphatic heterocycles. The highest BCUT2D eigenvalue weighted by Gasteiger charge is 2.27. The van der Waals surface area contributed by atoms with E-state index >= 15 is 0 Å². The van der Waals surface area contributed by atoms with Crippen LogP contribution in [0.1, 0.15) is 0 Å². The summed E-state index contributed by atoms with van der Waals surface area (Å²) in [5, 5.41) is 23.9. The molecule has 0 fully saturated rings. The SMILES string of the molecule is NS(=O)(=O)c1cccc(-c2ccc3cn[nH]c3c2)c1[N+](=O)[O-]. The van der Waals surface area contributed by atoms with E-state index in [-0.39, 0.29) is 5.56 Å². The molecule has 3 N–H and O–H groups in total. The van der Waals surface area contributed by atoms with Crippen molar-refractivity contribution in [1.82, 2.24) is 10.2 Å². The molecule has 8 nitrogen and oxygen atoms in total. The van der Waals surface area contributed by atoms with Crippen LogP contribution in [0.2, 0.25) is 0 Å². The van der Waals surface area contributed by atoms with Gasteiger partial charge in [-0.2, -0.15) is 5.10 Å². The molecule has 1 heterocycles. The van der Waals surface area contributed by atoms with Crippen LogP contribution in [0.25, 0.3) is 22.0 Å². The molecule has 9 heteroatoms. The Kier molecular flexibility index (Phi) is 3.15. The van der Waals surface area contributed by atoms with Crippen molar-refractivity contribution in [2.45, 2.75) is 4.90 Å². The molecule has 0 amide bonds. The summed E-state index contributed by atoms with van der Waals surface area (Å²) in [6, 6.07) is 9.07. The number of nitrogens with one attached hydrogen (secondary N) is 1. The zero-order valence-electron chi connectivity index (χ0n) is 11.1. The number of sulfonamides is 1. The number of nitrogens with two attached hydrogens (primary N) is 1. The van der Waals surface area contributed by atoms with Gasteiger partial charge in [-0.1, -0.05) is 18.2 Å². The fourth-order valence-corrected chi connectivity index (χ4v) is 3.00. The number of aromatic nitrogens is 2. The third-order valence-electron chi connectivity index (χ3n) is 3.24. The lowest BCUT2D eigenvalue weighted by molar-refractivity contribution is -0.387. The van der Waals surface area contributed by atoms with E-state index in [9.17, 15) is 18.5 Å². The van der Waals surface area contributed by atoms with E-state index in [1.165, 1.54) is 12.1 Å². The van der Waals surface area contributed by atoms with Gasteiger partial charge in [0.1, 0.15) is 0 Å². The number of benzene rings is 2. The summed E-state index contributed by atoms with van der Waals surface area (Å²) < 4.78 is 23.1. The Balaban J connectivity index is 2.32. The van der Waals surface area contributed by atoms with Gasteiger partial charge in [0.2, 0.25) is 10.0 Å². The molecule has 0 saturated carbocycles. The summed E-state index contributed by atoms with van der Waals surface area (Å²) in [6.07, 6.45) is 1.62. The van der Waals surface area contributed by atoms with Crippen LogP contribution in [0, 0.1) is 10.1 Å². The van der Waals surface area contributed by atoms with Crippen molar-refractivity contribution >= 4 is 26.6 Å². The van der Waals surface area contributed by atoms with Crippen LogP contribution in [0.3, 0.4) is 0 Å². The number of nitro groups is 1. The Morgan fingerprint density at radius 1 is 1.23 bits per heavy atom. The van der Waals surface area contributed by atoms with Gasteiger partial charge in [-0.3, -0.25) is 15.2 Å². The van der Waals surface area contributed by atoms with Gasteiger partial charge in [0.15, 0.2) is 4.90 Å². The minimum absolute atomic E-state index is 0.174. The highest BCUT2D eigenvalue weighted by molar-refractivity contribution is 7.89. The molecule has 0 aliphatic rings. The van der Waals surface area contributed by atoms with E-state index < -0.39 is 25.5 Å². The van der Waals surface area contributed by atoms with Gasteiger partial charge in [0, 0.05) is 5.39 Å². The number of rotatable bonds is 3. The molecule has 3 rings (SSSR count). The van der Waals surface area contributed by atoms with Crippen LogP contribution in [0.5, 0.6) is 0 Å². The van der Waals surface area contributed by atoms with Crippen LogP contribution < -0.4 is 5.14 Å². The topological polar surface area (TPSA) is 132 Å². The van der Waals surface area contributed by atoms with Crippen molar-refractivity contribution in [3.05, 3.63) is 52.7 Å². The van der Waals surface area contributed by atoms with Crippen LogP contribution >= 0.6 is 0 Å². The van der Waals surface area contributed by atoms with E-state index in [2.05, 4.69) is 10.2 Å². The summed E-state index contributed by atoms with van der Waals surface area (Å²) in [6.45, 7) is 0. The Bertz CT molecular complexity index is 994. The zero-order valence-corrected chi connectivity index (χ0v) is 11.9. The third-order valence-corrected chi connectivity index (χ3v) is 4.18. The first kappa shape index (κ1) is 14.2. The first-order valence-corrected chi connectivity index (χ1v) is 7.66. The van der Waals surface area contributed by atoms with Crippen molar-refractivity contribution in [2.24, 2.45) is 5.14 Å². The lowest BCUT2D eigenvalue weighted by Gasteiger charge is -2.07. The molecule has 22 heavy (non-hydrogen) atoms. The average molecular weight is 318 g/mol. The smallest absolute Gasteiger partial charge is 0.278 e. The molecule has 0 unspecified atom stereocenters. The van der Waals surface area contributed by atoms with Gasteiger partial charge in [0.05, 0.1) is 22.2 Å². The third kappa shape index (κ3) is 2.32. The molecular formula is C13H10N4O4S. The highest BCUT2D eigenvalue weighted by atomic mass is 32.2. The summed E-state index contributed by atoms with van der Waals surface area (Å²) in [5.74, 6) is 0. The number of fused-ring (bicyclic) bond motifs is 1. The fourth-order valence-electron chi connectivity index (χ4n) is 2.28. The number of hydrogen-bond donors (Lipinski definition) is 2. The molecule has 0 atom stereocenters. The molecule has 1 aromatic heterocycles. The summed E-state index contributed by atoms with van der Waals surface area (Å²) >= 11 is 0. The lowest BCUT2D eigenvalue weighted by atomic mass is 10.0. The van der Waals surface area contributed by atoms with Crippen LogP contribution in [0.15, 0.2) is 47.5 Å². The van der Waals surface area contributed by atoms with Crippen molar-refractivity contribution in [3.8, 4) is 11.1 Å². The van der Waals surface area contributed by atoms with E-state index in [4.69, 9.17) is 5.14 Å². The van der Waals surface area contributed by atoms with E-state index in [0.717, 1.165) is 11.5 Å². The maximum atomic E-state index is 11.6. The molecule has 0 aliphatic carbocycles. The molecule has 0 radical (unpaired) electrons.